The molecule has 16 heavy (non-hydrogen) atoms. The highest BCUT2D eigenvalue weighted by atomic mass is 19.1. The van der Waals surface area contributed by atoms with Crippen LogP contribution in [0.2, 0.25) is 0 Å². The van der Waals surface area contributed by atoms with Crippen LogP contribution in [0.15, 0.2) is 24.3 Å². The fourth-order valence-electron chi connectivity index (χ4n) is 1.38. The van der Waals surface area contributed by atoms with E-state index in [-0.39, 0.29) is 11.7 Å². The van der Waals surface area contributed by atoms with Crippen LogP contribution in [0.25, 0.3) is 0 Å². The van der Waals surface area contributed by atoms with Crippen LogP contribution in [0.5, 0.6) is 0 Å². The third-order valence-corrected chi connectivity index (χ3v) is 2.25. The van der Waals surface area contributed by atoms with Crippen molar-refractivity contribution in [2.75, 3.05) is 13.6 Å². The van der Waals surface area contributed by atoms with Crippen LogP contribution in [0.4, 0.5) is 4.39 Å². The minimum Gasteiger partial charge on any atom is -0.359 e. The van der Waals surface area contributed by atoms with Crippen LogP contribution < -0.4 is 10.6 Å². The molecule has 1 amide bonds. The average Bonchev–Trinajstić information content (AvgIpc) is 2.28. The van der Waals surface area contributed by atoms with Crippen LogP contribution in [0, 0.1) is 5.82 Å². The summed E-state index contributed by atoms with van der Waals surface area (Å²) < 4.78 is 12.8. The van der Waals surface area contributed by atoms with Gasteiger partial charge in [-0.3, -0.25) is 4.79 Å². The van der Waals surface area contributed by atoms with Crippen LogP contribution >= 0.6 is 0 Å². The molecule has 0 bridgehead atoms. The number of carbonyl (C=O) groups is 1. The second-order valence-electron chi connectivity index (χ2n) is 3.58. The number of hydrogen-bond acceptors (Lipinski definition) is 2. The molecule has 4 heteroatoms. The van der Waals surface area contributed by atoms with E-state index in [4.69, 9.17) is 0 Å². The zero-order chi connectivity index (χ0) is 11.8. The highest BCUT2D eigenvalue weighted by Crippen LogP contribution is 2.02. The summed E-state index contributed by atoms with van der Waals surface area (Å²) in [5.74, 6) is -0.169. The minimum absolute atomic E-state index is 0.0487. The molecule has 2 N–H and O–H groups in total. The average molecular weight is 224 g/mol. The van der Waals surface area contributed by atoms with Crippen molar-refractivity contribution in [2.24, 2.45) is 0 Å². The Labute approximate surface area is 95.0 Å². The van der Waals surface area contributed by atoms with Gasteiger partial charge in [-0.05, 0) is 30.7 Å². The second kappa shape index (κ2) is 6.95. The molecule has 0 aliphatic heterocycles. The van der Waals surface area contributed by atoms with Crippen molar-refractivity contribution < 1.29 is 9.18 Å². The quantitative estimate of drug-likeness (QED) is 0.718. The third kappa shape index (κ3) is 4.89. The Morgan fingerprint density at radius 1 is 1.44 bits per heavy atom. The van der Waals surface area contributed by atoms with Crippen molar-refractivity contribution in [3.63, 3.8) is 0 Å². The van der Waals surface area contributed by atoms with E-state index in [0.717, 1.165) is 18.5 Å². The summed E-state index contributed by atoms with van der Waals surface area (Å²) in [5.41, 5.74) is 0.917. The van der Waals surface area contributed by atoms with E-state index >= 15 is 0 Å². The van der Waals surface area contributed by atoms with E-state index in [2.05, 4.69) is 10.6 Å². The number of hydrogen-bond donors (Lipinski definition) is 2. The Hall–Kier alpha value is -1.42. The number of carbonyl (C=O) groups excluding carboxylic acids is 1. The van der Waals surface area contributed by atoms with Crippen LogP contribution in [-0.2, 0) is 11.3 Å². The van der Waals surface area contributed by atoms with Crippen molar-refractivity contribution in [2.45, 2.75) is 19.4 Å². The number of halogens is 1. The van der Waals surface area contributed by atoms with Gasteiger partial charge in [-0.25, -0.2) is 4.39 Å². The molecule has 0 unspecified atom stereocenters. The first-order valence-corrected chi connectivity index (χ1v) is 5.38. The molecule has 0 saturated heterocycles. The molecule has 1 aromatic carbocycles. The number of rotatable bonds is 6. The molecule has 0 atom stereocenters. The lowest BCUT2D eigenvalue weighted by Crippen LogP contribution is -2.20. The van der Waals surface area contributed by atoms with Gasteiger partial charge in [0.15, 0.2) is 0 Å². The zero-order valence-electron chi connectivity index (χ0n) is 9.42. The van der Waals surface area contributed by atoms with Gasteiger partial charge >= 0.3 is 0 Å². The lowest BCUT2D eigenvalue weighted by atomic mass is 10.2. The highest BCUT2D eigenvalue weighted by Gasteiger charge is 1.97. The topological polar surface area (TPSA) is 41.1 Å². The summed E-state index contributed by atoms with van der Waals surface area (Å²) in [6, 6.07) is 6.49. The Morgan fingerprint density at radius 3 is 2.94 bits per heavy atom. The van der Waals surface area contributed by atoms with Gasteiger partial charge < -0.3 is 10.6 Å². The van der Waals surface area contributed by atoms with Crippen LogP contribution in [0.3, 0.4) is 0 Å². The molecule has 0 aliphatic carbocycles. The summed E-state index contributed by atoms with van der Waals surface area (Å²) in [6.07, 6.45) is 1.31. The fourth-order valence-corrected chi connectivity index (χ4v) is 1.38. The maximum Gasteiger partial charge on any atom is 0.219 e. The predicted octanol–water partition coefficient (Wildman–Crippen LogP) is 1.44. The SMILES string of the molecule is CNC(=O)CCCNCc1cccc(F)c1. The van der Waals surface area contributed by atoms with E-state index < -0.39 is 0 Å². The normalized spacial score (nSPS) is 10.1. The van der Waals surface area contributed by atoms with Crippen molar-refractivity contribution in [3.05, 3.63) is 35.6 Å². The molecule has 1 aromatic rings. The standard InChI is InChI=1S/C12H17FN2O/c1-14-12(16)6-3-7-15-9-10-4-2-5-11(13)8-10/h2,4-5,8,15H,3,6-7,9H2,1H3,(H,14,16). The van der Waals surface area contributed by atoms with E-state index in [9.17, 15) is 9.18 Å². The van der Waals surface area contributed by atoms with Gasteiger partial charge in [0.25, 0.3) is 0 Å². The first-order chi connectivity index (χ1) is 7.72. The van der Waals surface area contributed by atoms with Gasteiger partial charge in [-0.2, -0.15) is 0 Å². The molecule has 0 heterocycles. The number of amides is 1. The highest BCUT2D eigenvalue weighted by molar-refractivity contribution is 5.75. The van der Waals surface area contributed by atoms with Crippen LogP contribution in [-0.4, -0.2) is 19.5 Å². The summed E-state index contributed by atoms with van der Waals surface area (Å²) in [5, 5.41) is 5.73. The summed E-state index contributed by atoms with van der Waals surface area (Å²) >= 11 is 0. The van der Waals surface area contributed by atoms with Gasteiger partial charge in [0.1, 0.15) is 5.82 Å². The first kappa shape index (κ1) is 12.6. The van der Waals surface area contributed by atoms with Gasteiger partial charge in [0, 0.05) is 20.0 Å². The fraction of sp³-hybridized carbons (Fsp3) is 0.417. The molecule has 0 spiro atoms. The maximum atomic E-state index is 12.8. The van der Waals surface area contributed by atoms with Crippen molar-refractivity contribution >= 4 is 5.91 Å². The Morgan fingerprint density at radius 2 is 2.25 bits per heavy atom. The smallest absolute Gasteiger partial charge is 0.219 e. The lowest BCUT2D eigenvalue weighted by molar-refractivity contribution is -0.120. The van der Waals surface area contributed by atoms with Crippen LogP contribution in [0.1, 0.15) is 18.4 Å². The summed E-state index contributed by atoms with van der Waals surface area (Å²) in [6.45, 7) is 1.38. The molecule has 3 nitrogen and oxygen atoms in total. The molecule has 0 saturated carbocycles. The Bertz CT molecular complexity index is 342. The molecule has 0 fully saturated rings. The molecule has 0 radical (unpaired) electrons. The maximum absolute atomic E-state index is 12.8. The summed E-state index contributed by atoms with van der Waals surface area (Å²) in [4.78, 5) is 10.9. The molecule has 88 valence electrons. The third-order valence-electron chi connectivity index (χ3n) is 2.25. The first-order valence-electron chi connectivity index (χ1n) is 5.38. The van der Waals surface area contributed by atoms with Gasteiger partial charge in [-0.1, -0.05) is 12.1 Å². The Balaban J connectivity index is 2.14. The molecular formula is C12H17FN2O. The molecule has 0 aromatic heterocycles. The van der Waals surface area contributed by atoms with Gasteiger partial charge in [-0.15, -0.1) is 0 Å². The monoisotopic (exact) mass is 224 g/mol. The second-order valence-corrected chi connectivity index (χ2v) is 3.58. The van der Waals surface area contributed by atoms with Crippen molar-refractivity contribution in [3.8, 4) is 0 Å². The lowest BCUT2D eigenvalue weighted by Gasteiger charge is -2.04. The summed E-state index contributed by atoms with van der Waals surface area (Å²) in [7, 11) is 1.63. The predicted molar refractivity (Wildman–Crippen MR) is 61.4 cm³/mol. The molecule has 0 aliphatic rings. The zero-order valence-corrected chi connectivity index (χ0v) is 9.42. The Kier molecular flexibility index (Phi) is 5.50. The largest absolute Gasteiger partial charge is 0.359 e. The van der Waals surface area contributed by atoms with Crippen molar-refractivity contribution in [1.29, 1.82) is 0 Å². The van der Waals surface area contributed by atoms with E-state index in [1.807, 2.05) is 6.07 Å². The minimum atomic E-state index is -0.218. The van der Waals surface area contributed by atoms with Gasteiger partial charge in [0.2, 0.25) is 5.91 Å². The van der Waals surface area contributed by atoms with Crippen molar-refractivity contribution in [1.82, 2.24) is 10.6 Å². The molecule has 1 rings (SSSR count). The van der Waals surface area contributed by atoms with Gasteiger partial charge in [0.05, 0.1) is 0 Å². The number of benzene rings is 1. The van der Waals surface area contributed by atoms with E-state index in [1.165, 1.54) is 12.1 Å². The van der Waals surface area contributed by atoms with E-state index in [0.29, 0.717) is 13.0 Å². The number of nitrogens with one attached hydrogen (secondary N) is 2. The van der Waals surface area contributed by atoms with E-state index in [1.54, 1.807) is 13.1 Å². The molecular weight excluding hydrogens is 207 g/mol.